The first-order chi connectivity index (χ1) is 12.0. The summed E-state index contributed by atoms with van der Waals surface area (Å²) in [6, 6.07) is 3.69. The molecule has 0 saturated carbocycles. The van der Waals surface area contributed by atoms with Crippen LogP contribution in [0.4, 0.5) is 14.5 Å². The average Bonchev–Trinajstić information content (AvgIpc) is 2.60. The zero-order valence-electron chi connectivity index (χ0n) is 14.1. The number of carbonyl (C=O) groups is 2. The molecule has 0 spiro atoms. The maximum absolute atomic E-state index is 13.3. The number of anilines is 1. The predicted molar refractivity (Wildman–Crippen MR) is 90.0 cm³/mol. The minimum absolute atomic E-state index is 0.0142. The Balaban J connectivity index is 1.55. The molecule has 7 heteroatoms. The monoisotopic (exact) mass is 351 g/mol. The van der Waals surface area contributed by atoms with Gasteiger partial charge in [0.2, 0.25) is 11.8 Å². The Bertz CT molecular complexity index is 653. The molecule has 0 radical (unpaired) electrons. The average molecular weight is 351 g/mol. The van der Waals surface area contributed by atoms with Gasteiger partial charge in [0.1, 0.15) is 0 Å². The van der Waals surface area contributed by atoms with E-state index in [-0.39, 0.29) is 24.4 Å². The highest BCUT2D eigenvalue weighted by atomic mass is 19.2. The molecule has 0 unspecified atom stereocenters. The summed E-state index contributed by atoms with van der Waals surface area (Å²) in [6.07, 6.45) is 4.05. The number of benzene rings is 1. The van der Waals surface area contributed by atoms with Crippen LogP contribution in [0.3, 0.4) is 0 Å². The molecule has 1 aromatic rings. The number of nitrogens with one attached hydrogen (secondary N) is 1. The summed E-state index contributed by atoms with van der Waals surface area (Å²) in [7, 11) is 0. The summed E-state index contributed by atoms with van der Waals surface area (Å²) in [5, 5.41) is 3.17. The SMILES string of the molecule is O=C1CCCCN1CC(=O)N1CCC[C@@H](Nc2ccc(F)c(F)c2)C1. The van der Waals surface area contributed by atoms with Crippen molar-refractivity contribution < 1.29 is 18.4 Å². The highest BCUT2D eigenvalue weighted by Crippen LogP contribution is 2.19. The molecule has 0 bridgehead atoms. The Kier molecular flexibility index (Phi) is 5.50. The molecule has 136 valence electrons. The number of likely N-dealkylation sites (tertiary alicyclic amines) is 2. The smallest absolute Gasteiger partial charge is 0.242 e. The van der Waals surface area contributed by atoms with Crippen LogP contribution in [0, 0.1) is 11.6 Å². The molecule has 2 aliphatic heterocycles. The molecule has 1 atom stereocenters. The molecule has 25 heavy (non-hydrogen) atoms. The van der Waals surface area contributed by atoms with E-state index in [1.807, 2.05) is 0 Å². The number of halogens is 2. The van der Waals surface area contributed by atoms with E-state index in [0.29, 0.717) is 31.7 Å². The van der Waals surface area contributed by atoms with Crippen LogP contribution in [0.1, 0.15) is 32.1 Å². The van der Waals surface area contributed by atoms with Crippen LogP contribution in [0.15, 0.2) is 18.2 Å². The minimum Gasteiger partial charge on any atom is -0.380 e. The molecule has 2 saturated heterocycles. The lowest BCUT2D eigenvalue weighted by atomic mass is 10.0. The zero-order chi connectivity index (χ0) is 17.8. The van der Waals surface area contributed by atoms with Crippen LogP contribution in [0.2, 0.25) is 0 Å². The zero-order valence-corrected chi connectivity index (χ0v) is 14.1. The largest absolute Gasteiger partial charge is 0.380 e. The molecule has 2 heterocycles. The Morgan fingerprint density at radius 3 is 2.76 bits per heavy atom. The molecule has 2 amide bonds. The third-order valence-electron chi connectivity index (χ3n) is 4.81. The van der Waals surface area contributed by atoms with Gasteiger partial charge in [-0.2, -0.15) is 0 Å². The highest BCUT2D eigenvalue weighted by Gasteiger charge is 2.27. The van der Waals surface area contributed by atoms with E-state index in [4.69, 9.17) is 0 Å². The minimum atomic E-state index is -0.891. The van der Waals surface area contributed by atoms with Crippen molar-refractivity contribution >= 4 is 17.5 Å². The van der Waals surface area contributed by atoms with Crippen molar-refractivity contribution in [1.82, 2.24) is 9.80 Å². The van der Waals surface area contributed by atoms with E-state index in [1.165, 1.54) is 6.07 Å². The first kappa shape index (κ1) is 17.6. The fourth-order valence-electron chi connectivity index (χ4n) is 3.44. The molecular formula is C18H23F2N3O2. The number of rotatable bonds is 4. The molecule has 2 fully saturated rings. The number of hydrogen-bond donors (Lipinski definition) is 1. The van der Waals surface area contributed by atoms with Crippen LogP contribution in [0.25, 0.3) is 0 Å². The maximum Gasteiger partial charge on any atom is 0.242 e. The van der Waals surface area contributed by atoms with Crippen molar-refractivity contribution in [3.05, 3.63) is 29.8 Å². The topological polar surface area (TPSA) is 52.7 Å². The lowest BCUT2D eigenvalue weighted by Gasteiger charge is -2.35. The predicted octanol–water partition coefficient (Wildman–Crippen LogP) is 2.38. The Hall–Kier alpha value is -2.18. The van der Waals surface area contributed by atoms with Crippen molar-refractivity contribution in [1.29, 1.82) is 0 Å². The molecule has 1 aromatic carbocycles. The van der Waals surface area contributed by atoms with Gasteiger partial charge in [0.15, 0.2) is 11.6 Å². The Morgan fingerprint density at radius 2 is 2.00 bits per heavy atom. The quantitative estimate of drug-likeness (QED) is 0.906. The molecule has 1 N–H and O–H groups in total. The third-order valence-corrected chi connectivity index (χ3v) is 4.81. The molecule has 0 aromatic heterocycles. The first-order valence-electron chi connectivity index (χ1n) is 8.80. The van der Waals surface area contributed by atoms with Gasteiger partial charge >= 0.3 is 0 Å². The number of piperidine rings is 2. The van der Waals surface area contributed by atoms with Crippen molar-refractivity contribution in [3.8, 4) is 0 Å². The van der Waals surface area contributed by atoms with Gasteiger partial charge in [0, 0.05) is 43.9 Å². The van der Waals surface area contributed by atoms with Gasteiger partial charge in [-0.15, -0.1) is 0 Å². The number of amides is 2. The Morgan fingerprint density at radius 1 is 1.16 bits per heavy atom. The summed E-state index contributed by atoms with van der Waals surface area (Å²) in [5.41, 5.74) is 0.504. The van der Waals surface area contributed by atoms with Crippen molar-refractivity contribution in [2.45, 2.75) is 38.1 Å². The van der Waals surface area contributed by atoms with Crippen LogP contribution >= 0.6 is 0 Å². The van der Waals surface area contributed by atoms with Crippen LogP contribution in [0.5, 0.6) is 0 Å². The van der Waals surface area contributed by atoms with E-state index in [9.17, 15) is 18.4 Å². The lowest BCUT2D eigenvalue weighted by Crippen LogP contribution is -2.50. The number of carbonyl (C=O) groups excluding carboxylic acids is 2. The van der Waals surface area contributed by atoms with Gasteiger partial charge in [-0.3, -0.25) is 9.59 Å². The summed E-state index contributed by atoms with van der Waals surface area (Å²) in [5.74, 6) is -1.77. The van der Waals surface area contributed by atoms with Crippen LogP contribution in [-0.2, 0) is 9.59 Å². The molecule has 3 rings (SSSR count). The van der Waals surface area contributed by atoms with Crippen LogP contribution < -0.4 is 5.32 Å². The molecule has 0 aliphatic carbocycles. The van der Waals surface area contributed by atoms with Crippen molar-refractivity contribution in [2.24, 2.45) is 0 Å². The molecular weight excluding hydrogens is 328 g/mol. The van der Waals surface area contributed by atoms with Crippen molar-refractivity contribution in [2.75, 3.05) is 31.5 Å². The fraction of sp³-hybridized carbons (Fsp3) is 0.556. The first-order valence-corrected chi connectivity index (χ1v) is 8.80. The summed E-state index contributed by atoms with van der Waals surface area (Å²) < 4.78 is 26.3. The summed E-state index contributed by atoms with van der Waals surface area (Å²) in [6.45, 7) is 1.95. The van der Waals surface area contributed by atoms with Crippen LogP contribution in [-0.4, -0.2) is 53.8 Å². The maximum atomic E-state index is 13.3. The van der Waals surface area contributed by atoms with E-state index < -0.39 is 11.6 Å². The second-order valence-electron chi connectivity index (χ2n) is 6.72. The van der Waals surface area contributed by atoms with Crippen molar-refractivity contribution in [3.63, 3.8) is 0 Å². The van der Waals surface area contributed by atoms with E-state index >= 15 is 0 Å². The normalized spacial score (nSPS) is 21.4. The van der Waals surface area contributed by atoms with Gasteiger partial charge in [0.05, 0.1) is 6.54 Å². The lowest BCUT2D eigenvalue weighted by molar-refractivity contribution is -0.142. The van der Waals surface area contributed by atoms with Gasteiger partial charge in [-0.1, -0.05) is 0 Å². The van der Waals surface area contributed by atoms with E-state index in [1.54, 1.807) is 9.80 Å². The third kappa shape index (κ3) is 4.46. The van der Waals surface area contributed by atoms with E-state index in [2.05, 4.69) is 5.32 Å². The van der Waals surface area contributed by atoms with E-state index in [0.717, 1.165) is 37.8 Å². The molecule has 5 nitrogen and oxygen atoms in total. The molecule has 2 aliphatic rings. The summed E-state index contributed by atoms with van der Waals surface area (Å²) >= 11 is 0. The summed E-state index contributed by atoms with van der Waals surface area (Å²) in [4.78, 5) is 27.7. The van der Waals surface area contributed by atoms with Gasteiger partial charge in [-0.25, -0.2) is 8.78 Å². The second kappa shape index (κ2) is 7.80. The number of nitrogens with zero attached hydrogens (tertiary/aromatic N) is 2. The van der Waals surface area contributed by atoms with Gasteiger partial charge < -0.3 is 15.1 Å². The Labute approximate surface area is 146 Å². The highest BCUT2D eigenvalue weighted by molar-refractivity contribution is 5.85. The van der Waals surface area contributed by atoms with Gasteiger partial charge in [0.25, 0.3) is 0 Å². The standard InChI is InChI=1S/C18H23F2N3O2/c19-15-7-6-13(10-16(15)20)21-14-4-3-9-22(11-14)18(25)12-23-8-2-1-5-17(23)24/h6-7,10,14,21H,1-5,8-9,11-12H2/t14-/m1/s1. The fourth-order valence-corrected chi connectivity index (χ4v) is 3.44. The second-order valence-corrected chi connectivity index (χ2v) is 6.72. The number of hydrogen-bond acceptors (Lipinski definition) is 3. The van der Waals surface area contributed by atoms with Gasteiger partial charge in [-0.05, 0) is 37.8 Å².